The first kappa shape index (κ1) is 14.2. The van der Waals surface area contributed by atoms with Gasteiger partial charge in [-0.1, -0.05) is 6.92 Å². The van der Waals surface area contributed by atoms with Crippen LogP contribution < -0.4 is 10.5 Å². The summed E-state index contributed by atoms with van der Waals surface area (Å²) in [7, 11) is 1.48. The maximum atomic E-state index is 12.3. The lowest BCUT2D eigenvalue weighted by Crippen LogP contribution is -2.53. The maximum Gasteiger partial charge on any atom is 0.306 e. The highest BCUT2D eigenvalue weighted by molar-refractivity contribution is 5.98. The average Bonchev–Trinajstić information content (AvgIpc) is 2.36. The first-order valence-corrected chi connectivity index (χ1v) is 6.39. The lowest BCUT2D eigenvalue weighted by molar-refractivity contribution is -0.144. The van der Waals surface area contributed by atoms with Crippen molar-refractivity contribution in [2.45, 2.75) is 6.92 Å². The van der Waals surface area contributed by atoms with Gasteiger partial charge in [-0.25, -0.2) is 0 Å². The van der Waals surface area contributed by atoms with Crippen molar-refractivity contribution in [3.05, 3.63) is 23.8 Å². The molecule has 0 spiro atoms. The van der Waals surface area contributed by atoms with Crippen LogP contribution in [0.1, 0.15) is 17.3 Å². The summed E-state index contributed by atoms with van der Waals surface area (Å²) < 4.78 is 5.16. The number of rotatable bonds is 4. The van der Waals surface area contributed by atoms with Crippen molar-refractivity contribution >= 4 is 17.6 Å². The van der Waals surface area contributed by atoms with Crippen LogP contribution in [0.3, 0.4) is 0 Å². The van der Waals surface area contributed by atoms with Gasteiger partial charge in [0.15, 0.2) is 0 Å². The molecular formula is C14H18N2O4. The second kappa shape index (κ2) is 5.40. The minimum atomic E-state index is -0.827. The van der Waals surface area contributed by atoms with E-state index in [-0.39, 0.29) is 11.8 Å². The molecule has 108 valence electrons. The SMILES string of the molecule is COc1cc(N)ccc1C(=O)N1CC(C(C)C(=O)O)C1. The molecule has 2 rings (SSSR count). The fraction of sp³-hybridized carbons (Fsp3) is 0.429. The zero-order chi connectivity index (χ0) is 14.9. The molecule has 1 aliphatic rings. The normalized spacial score (nSPS) is 16.4. The Morgan fingerprint density at radius 2 is 2.10 bits per heavy atom. The number of carbonyl (C=O) groups excluding carboxylic acids is 1. The second-order valence-electron chi connectivity index (χ2n) is 5.06. The third-order valence-corrected chi connectivity index (χ3v) is 3.75. The maximum absolute atomic E-state index is 12.3. The highest BCUT2D eigenvalue weighted by atomic mass is 16.5. The zero-order valence-electron chi connectivity index (χ0n) is 11.5. The molecule has 1 aromatic carbocycles. The molecular weight excluding hydrogens is 260 g/mol. The molecule has 1 saturated heterocycles. The van der Waals surface area contributed by atoms with E-state index in [0.29, 0.717) is 30.1 Å². The third-order valence-electron chi connectivity index (χ3n) is 3.75. The van der Waals surface area contributed by atoms with Gasteiger partial charge < -0.3 is 20.5 Å². The van der Waals surface area contributed by atoms with E-state index in [1.807, 2.05) is 0 Å². The number of nitrogens with zero attached hydrogens (tertiary/aromatic N) is 1. The highest BCUT2D eigenvalue weighted by Gasteiger charge is 2.38. The van der Waals surface area contributed by atoms with Gasteiger partial charge in [-0.2, -0.15) is 0 Å². The van der Waals surface area contributed by atoms with Crippen LogP contribution in [0, 0.1) is 11.8 Å². The third kappa shape index (κ3) is 2.54. The topological polar surface area (TPSA) is 92.9 Å². The predicted octanol–water partition coefficient (Wildman–Crippen LogP) is 1.07. The van der Waals surface area contributed by atoms with E-state index in [1.54, 1.807) is 30.0 Å². The monoisotopic (exact) mass is 278 g/mol. The fourth-order valence-corrected chi connectivity index (χ4v) is 2.25. The van der Waals surface area contributed by atoms with E-state index in [4.69, 9.17) is 15.6 Å². The second-order valence-corrected chi connectivity index (χ2v) is 5.06. The van der Waals surface area contributed by atoms with Gasteiger partial charge in [0, 0.05) is 30.8 Å². The van der Waals surface area contributed by atoms with Crippen molar-refractivity contribution in [2.75, 3.05) is 25.9 Å². The van der Waals surface area contributed by atoms with Gasteiger partial charge >= 0.3 is 5.97 Å². The number of amides is 1. The molecule has 3 N–H and O–H groups in total. The van der Waals surface area contributed by atoms with Gasteiger partial charge in [-0.05, 0) is 12.1 Å². The number of carbonyl (C=O) groups is 2. The molecule has 20 heavy (non-hydrogen) atoms. The first-order valence-electron chi connectivity index (χ1n) is 6.39. The van der Waals surface area contributed by atoms with Crippen LogP contribution in [-0.4, -0.2) is 42.1 Å². The Kier molecular flexibility index (Phi) is 3.83. The number of likely N-dealkylation sites (tertiary alicyclic amines) is 1. The molecule has 1 aromatic rings. The van der Waals surface area contributed by atoms with Crippen LogP contribution in [0.2, 0.25) is 0 Å². The van der Waals surface area contributed by atoms with Crippen molar-refractivity contribution in [3.8, 4) is 5.75 Å². The Bertz CT molecular complexity index is 538. The minimum Gasteiger partial charge on any atom is -0.496 e. The van der Waals surface area contributed by atoms with Crippen molar-refractivity contribution in [1.29, 1.82) is 0 Å². The molecule has 0 aliphatic carbocycles. The standard InChI is InChI=1S/C14H18N2O4/c1-8(14(18)19)9-6-16(7-9)13(17)11-4-3-10(15)5-12(11)20-2/h3-5,8-9H,6-7,15H2,1-2H3,(H,18,19). The number of nitrogens with two attached hydrogens (primary N) is 1. The molecule has 1 unspecified atom stereocenters. The number of aliphatic carboxylic acids is 1. The molecule has 6 nitrogen and oxygen atoms in total. The summed E-state index contributed by atoms with van der Waals surface area (Å²) in [6.45, 7) is 2.58. The Hall–Kier alpha value is -2.24. The van der Waals surface area contributed by atoms with Crippen LogP contribution in [0.25, 0.3) is 0 Å². The van der Waals surface area contributed by atoms with Crippen LogP contribution in [0.15, 0.2) is 18.2 Å². The summed E-state index contributed by atoms with van der Waals surface area (Å²) in [5.41, 5.74) is 6.63. The van der Waals surface area contributed by atoms with Crippen molar-refractivity contribution in [2.24, 2.45) is 11.8 Å². The molecule has 0 aromatic heterocycles. The lowest BCUT2D eigenvalue weighted by atomic mass is 9.86. The molecule has 0 saturated carbocycles. The number of ether oxygens (including phenoxy) is 1. The van der Waals surface area contributed by atoms with Crippen molar-refractivity contribution in [3.63, 3.8) is 0 Å². The number of anilines is 1. The van der Waals surface area contributed by atoms with E-state index < -0.39 is 11.9 Å². The van der Waals surface area contributed by atoms with Gasteiger partial charge in [0.1, 0.15) is 5.75 Å². The van der Waals surface area contributed by atoms with Crippen molar-refractivity contribution in [1.82, 2.24) is 4.90 Å². The summed E-state index contributed by atoms with van der Waals surface area (Å²) in [5.74, 6) is -0.976. The van der Waals surface area contributed by atoms with E-state index in [2.05, 4.69) is 0 Å². The number of methoxy groups -OCH3 is 1. The number of carboxylic acid groups (broad SMARTS) is 1. The van der Waals surface area contributed by atoms with Crippen molar-refractivity contribution < 1.29 is 19.4 Å². The summed E-state index contributed by atoms with van der Waals surface area (Å²) >= 11 is 0. The number of carboxylic acids is 1. The largest absolute Gasteiger partial charge is 0.496 e. The number of benzene rings is 1. The number of hydrogen-bond acceptors (Lipinski definition) is 4. The lowest BCUT2D eigenvalue weighted by Gasteiger charge is -2.41. The first-order chi connectivity index (χ1) is 9.43. The van der Waals surface area contributed by atoms with Crippen LogP contribution in [0.5, 0.6) is 5.75 Å². The quantitative estimate of drug-likeness (QED) is 0.804. The smallest absolute Gasteiger partial charge is 0.306 e. The molecule has 1 aliphatic heterocycles. The van der Waals surface area contributed by atoms with Crippen LogP contribution >= 0.6 is 0 Å². The van der Waals surface area contributed by atoms with Gasteiger partial charge in [-0.15, -0.1) is 0 Å². The van der Waals surface area contributed by atoms with Gasteiger partial charge in [0.2, 0.25) is 0 Å². The molecule has 0 radical (unpaired) electrons. The summed E-state index contributed by atoms with van der Waals surface area (Å²) in [5, 5.41) is 8.93. The molecule has 0 bridgehead atoms. The average molecular weight is 278 g/mol. The van der Waals surface area contributed by atoms with Gasteiger partial charge in [0.05, 0.1) is 18.6 Å². The van der Waals surface area contributed by atoms with Crippen LogP contribution in [-0.2, 0) is 4.79 Å². The van der Waals surface area contributed by atoms with Gasteiger partial charge in [-0.3, -0.25) is 9.59 Å². The molecule has 1 atom stereocenters. The van der Waals surface area contributed by atoms with E-state index in [0.717, 1.165) is 0 Å². The molecule has 1 amide bonds. The molecule has 1 heterocycles. The van der Waals surface area contributed by atoms with E-state index in [9.17, 15) is 9.59 Å². The summed E-state index contributed by atoms with van der Waals surface area (Å²) in [4.78, 5) is 24.8. The molecule has 6 heteroatoms. The number of nitrogen functional groups attached to an aromatic ring is 1. The fourth-order valence-electron chi connectivity index (χ4n) is 2.25. The Labute approximate surface area is 117 Å². The predicted molar refractivity (Wildman–Crippen MR) is 73.6 cm³/mol. The summed E-state index contributed by atoms with van der Waals surface area (Å²) in [6.07, 6.45) is 0. The minimum absolute atomic E-state index is 0.0104. The Balaban J connectivity index is 2.06. The zero-order valence-corrected chi connectivity index (χ0v) is 11.5. The highest BCUT2D eigenvalue weighted by Crippen LogP contribution is 2.29. The Morgan fingerprint density at radius 3 is 2.65 bits per heavy atom. The van der Waals surface area contributed by atoms with E-state index >= 15 is 0 Å². The molecule has 1 fully saturated rings. The Morgan fingerprint density at radius 1 is 1.45 bits per heavy atom. The summed E-state index contributed by atoms with van der Waals surface area (Å²) in [6, 6.07) is 4.88. The number of hydrogen-bond donors (Lipinski definition) is 2. The van der Waals surface area contributed by atoms with Gasteiger partial charge in [0.25, 0.3) is 5.91 Å². The van der Waals surface area contributed by atoms with E-state index in [1.165, 1.54) is 7.11 Å². The van der Waals surface area contributed by atoms with Crippen LogP contribution in [0.4, 0.5) is 5.69 Å².